The van der Waals surface area contributed by atoms with E-state index in [-0.39, 0.29) is 11.0 Å². The Bertz CT molecular complexity index is 410. The predicted molar refractivity (Wildman–Crippen MR) is 65.9 cm³/mol. The molecule has 1 aromatic rings. The first-order valence-corrected chi connectivity index (χ1v) is 5.56. The lowest BCUT2D eigenvalue weighted by Gasteiger charge is -2.18. The largest absolute Gasteiger partial charge is 0.478 e. The molecule has 0 unspecified atom stereocenters. The lowest BCUT2D eigenvalue weighted by atomic mass is 9.92. The molecule has 0 amide bonds. The molecule has 0 aromatic heterocycles. The topological polar surface area (TPSA) is 49.3 Å². The van der Waals surface area contributed by atoms with Crippen molar-refractivity contribution in [1.29, 1.82) is 0 Å². The number of carboxylic acids is 1. The van der Waals surface area contributed by atoms with Crippen LogP contribution in [0.15, 0.2) is 18.2 Å². The van der Waals surface area contributed by atoms with Crippen LogP contribution in [0.2, 0.25) is 0 Å². The summed E-state index contributed by atoms with van der Waals surface area (Å²) in [6, 6.07) is 4.07. The van der Waals surface area contributed by atoms with Crippen LogP contribution in [0.3, 0.4) is 0 Å². The van der Waals surface area contributed by atoms with Gasteiger partial charge in [0.2, 0.25) is 0 Å². The van der Waals surface area contributed by atoms with E-state index in [1.807, 2.05) is 0 Å². The molecule has 0 radical (unpaired) electrons. The zero-order chi connectivity index (χ0) is 13.1. The molecule has 0 fully saturated rings. The molecule has 0 spiro atoms. The Morgan fingerprint density at radius 3 is 2.53 bits per heavy atom. The van der Waals surface area contributed by atoms with Gasteiger partial charge in [0, 0.05) is 12.2 Å². The van der Waals surface area contributed by atoms with E-state index in [2.05, 4.69) is 26.1 Å². The Morgan fingerprint density at radius 1 is 1.41 bits per heavy atom. The van der Waals surface area contributed by atoms with E-state index in [4.69, 9.17) is 5.11 Å². The number of anilines is 1. The maximum Gasteiger partial charge on any atom is 0.338 e. The number of hydrogen-bond donors (Lipinski definition) is 2. The number of carboxylic acid groups (broad SMARTS) is 1. The van der Waals surface area contributed by atoms with Crippen LogP contribution in [0.4, 0.5) is 10.1 Å². The smallest absolute Gasteiger partial charge is 0.338 e. The first-order valence-electron chi connectivity index (χ1n) is 5.56. The quantitative estimate of drug-likeness (QED) is 0.846. The van der Waals surface area contributed by atoms with Crippen molar-refractivity contribution in [3.05, 3.63) is 29.6 Å². The predicted octanol–water partition coefficient (Wildman–Crippen LogP) is 3.37. The Labute approximate surface area is 101 Å². The third kappa shape index (κ3) is 4.43. The molecule has 0 saturated carbocycles. The monoisotopic (exact) mass is 239 g/mol. The molecule has 4 heteroatoms. The fourth-order valence-electron chi connectivity index (χ4n) is 1.38. The van der Waals surface area contributed by atoms with Crippen molar-refractivity contribution in [2.24, 2.45) is 5.41 Å². The third-order valence-corrected chi connectivity index (χ3v) is 2.40. The Balaban J connectivity index is 2.62. The standard InChI is InChI=1S/C13H18FNO2/c1-13(2,3)6-7-15-9-4-5-10(12(16)17)11(14)8-9/h4-5,8,15H,6-7H2,1-3H3,(H,16,17). The van der Waals surface area contributed by atoms with Gasteiger partial charge in [0.1, 0.15) is 5.82 Å². The average Bonchev–Trinajstić information content (AvgIpc) is 2.15. The van der Waals surface area contributed by atoms with Crippen LogP contribution >= 0.6 is 0 Å². The van der Waals surface area contributed by atoms with E-state index in [0.717, 1.165) is 13.0 Å². The highest BCUT2D eigenvalue weighted by atomic mass is 19.1. The second-order valence-electron chi connectivity index (χ2n) is 5.24. The van der Waals surface area contributed by atoms with Gasteiger partial charge in [-0.05, 0) is 30.0 Å². The summed E-state index contributed by atoms with van der Waals surface area (Å²) in [6.45, 7) is 7.11. The average molecular weight is 239 g/mol. The number of benzene rings is 1. The fourth-order valence-corrected chi connectivity index (χ4v) is 1.38. The molecular formula is C13H18FNO2. The van der Waals surface area contributed by atoms with Crippen molar-refractivity contribution in [2.75, 3.05) is 11.9 Å². The lowest BCUT2D eigenvalue weighted by molar-refractivity contribution is 0.0692. The summed E-state index contributed by atoms with van der Waals surface area (Å²) in [5.41, 5.74) is 0.523. The number of hydrogen-bond acceptors (Lipinski definition) is 2. The summed E-state index contributed by atoms with van der Waals surface area (Å²) in [6.07, 6.45) is 0.954. The summed E-state index contributed by atoms with van der Waals surface area (Å²) in [5, 5.41) is 11.8. The van der Waals surface area contributed by atoms with Gasteiger partial charge in [-0.25, -0.2) is 9.18 Å². The Morgan fingerprint density at radius 2 is 2.06 bits per heavy atom. The molecule has 0 aliphatic rings. The number of rotatable bonds is 4. The Hall–Kier alpha value is -1.58. The lowest BCUT2D eigenvalue weighted by Crippen LogP contribution is -2.13. The van der Waals surface area contributed by atoms with Gasteiger partial charge in [0.15, 0.2) is 0 Å². The SMILES string of the molecule is CC(C)(C)CCNc1ccc(C(=O)O)c(F)c1. The molecule has 0 atom stereocenters. The van der Waals surface area contributed by atoms with Crippen LogP contribution in [-0.2, 0) is 0 Å². The van der Waals surface area contributed by atoms with Crippen LogP contribution in [-0.4, -0.2) is 17.6 Å². The molecular weight excluding hydrogens is 221 g/mol. The molecule has 0 bridgehead atoms. The van der Waals surface area contributed by atoms with E-state index < -0.39 is 11.8 Å². The van der Waals surface area contributed by atoms with Crippen LogP contribution in [0.1, 0.15) is 37.6 Å². The second-order valence-corrected chi connectivity index (χ2v) is 5.24. The summed E-state index contributed by atoms with van der Waals surface area (Å²) in [5.74, 6) is -1.96. The molecule has 0 aliphatic carbocycles. The van der Waals surface area contributed by atoms with E-state index in [1.54, 1.807) is 6.07 Å². The van der Waals surface area contributed by atoms with E-state index >= 15 is 0 Å². The van der Waals surface area contributed by atoms with Crippen molar-refractivity contribution in [3.63, 3.8) is 0 Å². The first kappa shape index (κ1) is 13.5. The van der Waals surface area contributed by atoms with Gasteiger partial charge in [0.25, 0.3) is 0 Å². The van der Waals surface area contributed by atoms with Crippen LogP contribution < -0.4 is 5.32 Å². The van der Waals surface area contributed by atoms with Gasteiger partial charge in [0.05, 0.1) is 5.56 Å². The van der Waals surface area contributed by atoms with Crippen LogP contribution in [0.25, 0.3) is 0 Å². The molecule has 2 N–H and O–H groups in total. The Kier molecular flexibility index (Phi) is 4.10. The van der Waals surface area contributed by atoms with Crippen LogP contribution in [0.5, 0.6) is 0 Å². The van der Waals surface area contributed by atoms with Crippen molar-refractivity contribution < 1.29 is 14.3 Å². The summed E-state index contributed by atoms with van der Waals surface area (Å²) in [4.78, 5) is 10.6. The van der Waals surface area contributed by atoms with Gasteiger partial charge < -0.3 is 10.4 Å². The minimum absolute atomic E-state index is 0.215. The third-order valence-electron chi connectivity index (χ3n) is 2.40. The number of carbonyl (C=O) groups is 1. The van der Waals surface area contributed by atoms with Gasteiger partial charge in [-0.15, -0.1) is 0 Å². The van der Waals surface area contributed by atoms with Crippen molar-refractivity contribution in [1.82, 2.24) is 0 Å². The van der Waals surface area contributed by atoms with Gasteiger partial charge >= 0.3 is 5.97 Å². The normalized spacial score (nSPS) is 11.3. The maximum absolute atomic E-state index is 13.3. The minimum Gasteiger partial charge on any atom is -0.478 e. The maximum atomic E-state index is 13.3. The number of aromatic carboxylic acids is 1. The van der Waals surface area contributed by atoms with Crippen molar-refractivity contribution in [2.45, 2.75) is 27.2 Å². The zero-order valence-electron chi connectivity index (χ0n) is 10.4. The van der Waals surface area contributed by atoms with Crippen molar-refractivity contribution in [3.8, 4) is 0 Å². The van der Waals surface area contributed by atoms with Gasteiger partial charge in [-0.3, -0.25) is 0 Å². The molecule has 0 heterocycles. The summed E-state index contributed by atoms with van der Waals surface area (Å²) in [7, 11) is 0. The number of nitrogens with one attached hydrogen (secondary N) is 1. The molecule has 1 aromatic carbocycles. The van der Waals surface area contributed by atoms with E-state index in [1.165, 1.54) is 12.1 Å². The zero-order valence-corrected chi connectivity index (χ0v) is 10.4. The molecule has 17 heavy (non-hydrogen) atoms. The number of halogens is 1. The van der Waals surface area contributed by atoms with E-state index in [9.17, 15) is 9.18 Å². The highest BCUT2D eigenvalue weighted by Gasteiger charge is 2.11. The van der Waals surface area contributed by atoms with Gasteiger partial charge in [-0.2, -0.15) is 0 Å². The highest BCUT2D eigenvalue weighted by Crippen LogP contribution is 2.19. The first-order chi connectivity index (χ1) is 7.79. The van der Waals surface area contributed by atoms with E-state index in [0.29, 0.717) is 5.69 Å². The molecule has 3 nitrogen and oxygen atoms in total. The molecule has 0 saturated heterocycles. The highest BCUT2D eigenvalue weighted by molar-refractivity contribution is 5.88. The summed E-state index contributed by atoms with van der Waals surface area (Å²) >= 11 is 0. The second kappa shape index (κ2) is 5.17. The van der Waals surface area contributed by atoms with Gasteiger partial charge in [-0.1, -0.05) is 20.8 Å². The molecule has 0 aliphatic heterocycles. The minimum atomic E-state index is -1.25. The molecule has 1 rings (SSSR count). The summed E-state index contributed by atoms with van der Waals surface area (Å²) < 4.78 is 13.3. The van der Waals surface area contributed by atoms with Crippen LogP contribution in [0, 0.1) is 11.2 Å². The van der Waals surface area contributed by atoms with Crippen molar-refractivity contribution >= 4 is 11.7 Å². The molecule has 94 valence electrons. The fraction of sp³-hybridized carbons (Fsp3) is 0.462.